The highest BCUT2D eigenvalue weighted by atomic mass is 16.3. The summed E-state index contributed by atoms with van der Waals surface area (Å²) >= 11 is 0. The lowest BCUT2D eigenvalue weighted by molar-refractivity contribution is 0.106. The minimum Gasteiger partial charge on any atom is -0.396 e. The molecule has 2 saturated carbocycles. The standard InChI is InChI=1S/C19H29N3O/c1-20-18(22-14-19(10-5-11-19)17-8-9-17)21-12-16(13-23)15-6-3-2-4-7-15/h2-4,6-7,16-17,23H,5,8-14H2,1H3,(H2,20,21,22). The number of nitrogens with one attached hydrogen (secondary N) is 2. The van der Waals surface area contributed by atoms with Gasteiger partial charge < -0.3 is 15.7 Å². The first-order valence-corrected chi connectivity index (χ1v) is 8.88. The lowest BCUT2D eigenvalue weighted by Crippen LogP contribution is -2.48. The van der Waals surface area contributed by atoms with E-state index < -0.39 is 0 Å². The van der Waals surface area contributed by atoms with E-state index in [0.29, 0.717) is 12.0 Å². The van der Waals surface area contributed by atoms with Crippen molar-refractivity contribution in [3.63, 3.8) is 0 Å². The highest BCUT2D eigenvalue weighted by molar-refractivity contribution is 5.79. The topological polar surface area (TPSA) is 56.7 Å². The Kier molecular flexibility index (Phi) is 5.21. The van der Waals surface area contributed by atoms with Crippen LogP contribution in [-0.4, -0.2) is 37.8 Å². The van der Waals surface area contributed by atoms with Gasteiger partial charge in [0.05, 0.1) is 6.61 Å². The second-order valence-corrected chi connectivity index (χ2v) is 7.09. The zero-order chi connectivity index (χ0) is 16.1. The molecule has 4 nitrogen and oxygen atoms in total. The first-order valence-electron chi connectivity index (χ1n) is 8.88. The van der Waals surface area contributed by atoms with E-state index in [1.807, 2.05) is 25.2 Å². The predicted octanol–water partition coefficient (Wildman–Crippen LogP) is 2.51. The van der Waals surface area contributed by atoms with Crippen LogP contribution < -0.4 is 10.6 Å². The molecular formula is C19H29N3O. The number of hydrogen-bond acceptors (Lipinski definition) is 2. The van der Waals surface area contributed by atoms with Crippen LogP contribution in [0.2, 0.25) is 0 Å². The maximum Gasteiger partial charge on any atom is 0.191 e. The molecule has 2 aliphatic carbocycles. The van der Waals surface area contributed by atoms with Crippen LogP contribution in [0.4, 0.5) is 0 Å². The normalized spacial score (nSPS) is 21.4. The average molecular weight is 315 g/mol. The number of aliphatic hydroxyl groups is 1. The van der Waals surface area contributed by atoms with Gasteiger partial charge in [0.2, 0.25) is 0 Å². The summed E-state index contributed by atoms with van der Waals surface area (Å²) in [5, 5.41) is 16.6. The van der Waals surface area contributed by atoms with E-state index in [0.717, 1.165) is 24.0 Å². The first kappa shape index (κ1) is 16.3. The fraction of sp³-hybridized carbons (Fsp3) is 0.632. The van der Waals surface area contributed by atoms with E-state index in [-0.39, 0.29) is 12.5 Å². The predicted molar refractivity (Wildman–Crippen MR) is 94.6 cm³/mol. The Hall–Kier alpha value is -1.55. The SMILES string of the molecule is CN=C(NCC(CO)c1ccccc1)NCC1(C2CC2)CCC1. The maximum absolute atomic E-state index is 9.65. The van der Waals surface area contributed by atoms with Gasteiger partial charge in [0.1, 0.15) is 0 Å². The second-order valence-electron chi connectivity index (χ2n) is 7.09. The van der Waals surface area contributed by atoms with Crippen LogP contribution in [0.3, 0.4) is 0 Å². The van der Waals surface area contributed by atoms with Crippen molar-refractivity contribution in [2.24, 2.45) is 16.3 Å². The van der Waals surface area contributed by atoms with Crippen molar-refractivity contribution < 1.29 is 5.11 Å². The molecule has 0 heterocycles. The molecule has 1 atom stereocenters. The molecule has 0 spiro atoms. The van der Waals surface area contributed by atoms with Crippen LogP contribution >= 0.6 is 0 Å². The van der Waals surface area contributed by atoms with Gasteiger partial charge in [-0.2, -0.15) is 0 Å². The van der Waals surface area contributed by atoms with Gasteiger partial charge in [-0.05, 0) is 42.6 Å². The molecule has 2 aliphatic rings. The van der Waals surface area contributed by atoms with Crippen LogP contribution in [0.25, 0.3) is 0 Å². The highest BCUT2D eigenvalue weighted by Gasteiger charge is 2.48. The molecule has 0 aromatic heterocycles. The van der Waals surface area contributed by atoms with Crippen molar-refractivity contribution in [1.29, 1.82) is 0 Å². The third-order valence-corrected chi connectivity index (χ3v) is 5.63. The first-order chi connectivity index (χ1) is 11.3. The number of nitrogens with zero attached hydrogens (tertiary/aromatic N) is 1. The monoisotopic (exact) mass is 315 g/mol. The Morgan fingerprint density at radius 1 is 1.26 bits per heavy atom. The average Bonchev–Trinajstić information content (AvgIpc) is 3.38. The van der Waals surface area contributed by atoms with Gasteiger partial charge in [-0.1, -0.05) is 36.8 Å². The summed E-state index contributed by atoms with van der Waals surface area (Å²) in [6, 6.07) is 10.2. The molecule has 2 fully saturated rings. The fourth-order valence-corrected chi connectivity index (χ4v) is 3.77. The molecule has 3 N–H and O–H groups in total. The van der Waals surface area contributed by atoms with Crippen LogP contribution in [0.5, 0.6) is 0 Å². The van der Waals surface area contributed by atoms with Crippen LogP contribution in [0.15, 0.2) is 35.3 Å². The molecule has 4 heteroatoms. The van der Waals surface area contributed by atoms with Gasteiger partial charge in [-0.3, -0.25) is 4.99 Å². The summed E-state index contributed by atoms with van der Waals surface area (Å²) in [4.78, 5) is 4.34. The number of benzene rings is 1. The lowest BCUT2D eigenvalue weighted by atomic mass is 9.65. The van der Waals surface area contributed by atoms with E-state index >= 15 is 0 Å². The molecule has 0 saturated heterocycles. The molecule has 1 aromatic rings. The van der Waals surface area contributed by atoms with Crippen molar-refractivity contribution in [2.75, 3.05) is 26.7 Å². The van der Waals surface area contributed by atoms with E-state index in [4.69, 9.17) is 0 Å². The maximum atomic E-state index is 9.65. The van der Waals surface area contributed by atoms with Crippen molar-refractivity contribution >= 4 is 5.96 Å². The minimum absolute atomic E-state index is 0.0934. The van der Waals surface area contributed by atoms with Crippen molar-refractivity contribution in [3.8, 4) is 0 Å². The summed E-state index contributed by atoms with van der Waals surface area (Å²) in [5.41, 5.74) is 1.69. The fourth-order valence-electron chi connectivity index (χ4n) is 3.77. The molecule has 0 amide bonds. The molecule has 0 bridgehead atoms. The number of hydrogen-bond donors (Lipinski definition) is 3. The summed E-state index contributed by atoms with van der Waals surface area (Å²) in [6.07, 6.45) is 6.93. The van der Waals surface area contributed by atoms with Gasteiger partial charge in [-0.15, -0.1) is 0 Å². The number of guanidine groups is 1. The number of rotatable bonds is 7. The lowest BCUT2D eigenvalue weighted by Gasteiger charge is -2.43. The molecule has 1 unspecified atom stereocenters. The van der Waals surface area contributed by atoms with E-state index in [2.05, 4.69) is 27.8 Å². The quantitative estimate of drug-likeness (QED) is 0.535. The molecule has 0 aliphatic heterocycles. The third-order valence-electron chi connectivity index (χ3n) is 5.63. The molecule has 0 radical (unpaired) electrons. The Morgan fingerprint density at radius 3 is 2.52 bits per heavy atom. The number of aliphatic imine (C=N–C) groups is 1. The van der Waals surface area contributed by atoms with Gasteiger partial charge in [0.15, 0.2) is 5.96 Å². The zero-order valence-corrected chi connectivity index (χ0v) is 14.1. The Morgan fingerprint density at radius 2 is 2.00 bits per heavy atom. The van der Waals surface area contributed by atoms with Gasteiger partial charge in [-0.25, -0.2) is 0 Å². The van der Waals surface area contributed by atoms with Gasteiger partial charge in [0.25, 0.3) is 0 Å². The van der Waals surface area contributed by atoms with Crippen molar-refractivity contribution in [2.45, 2.75) is 38.0 Å². The van der Waals surface area contributed by atoms with E-state index in [1.54, 1.807) is 0 Å². The summed E-state index contributed by atoms with van der Waals surface area (Å²) in [7, 11) is 1.82. The Balaban J connectivity index is 1.49. The highest BCUT2D eigenvalue weighted by Crippen LogP contribution is 2.56. The third kappa shape index (κ3) is 3.86. The second kappa shape index (κ2) is 7.35. The molecule has 3 rings (SSSR count). The molecule has 126 valence electrons. The van der Waals surface area contributed by atoms with Crippen LogP contribution in [0.1, 0.15) is 43.6 Å². The zero-order valence-electron chi connectivity index (χ0n) is 14.1. The summed E-state index contributed by atoms with van der Waals surface area (Å²) in [6.45, 7) is 1.86. The summed E-state index contributed by atoms with van der Waals surface area (Å²) < 4.78 is 0. The number of aliphatic hydroxyl groups excluding tert-OH is 1. The Labute approximate surface area is 139 Å². The van der Waals surface area contributed by atoms with Crippen LogP contribution in [0, 0.1) is 11.3 Å². The van der Waals surface area contributed by atoms with Gasteiger partial charge in [0, 0.05) is 26.1 Å². The van der Waals surface area contributed by atoms with Gasteiger partial charge >= 0.3 is 0 Å². The largest absolute Gasteiger partial charge is 0.396 e. The smallest absolute Gasteiger partial charge is 0.191 e. The molecule has 23 heavy (non-hydrogen) atoms. The van der Waals surface area contributed by atoms with E-state index in [1.165, 1.54) is 32.1 Å². The Bertz CT molecular complexity index is 521. The van der Waals surface area contributed by atoms with Crippen molar-refractivity contribution in [1.82, 2.24) is 10.6 Å². The summed E-state index contributed by atoms with van der Waals surface area (Å²) in [5.74, 6) is 1.89. The molecular weight excluding hydrogens is 286 g/mol. The minimum atomic E-state index is 0.0934. The molecule has 1 aromatic carbocycles. The van der Waals surface area contributed by atoms with Crippen LogP contribution in [-0.2, 0) is 0 Å². The van der Waals surface area contributed by atoms with Crippen molar-refractivity contribution in [3.05, 3.63) is 35.9 Å². The van der Waals surface area contributed by atoms with E-state index in [9.17, 15) is 5.11 Å².